The fourth-order valence-corrected chi connectivity index (χ4v) is 2.50. The number of hydrogen-bond acceptors (Lipinski definition) is 4. The number of hydrogen-bond donors (Lipinski definition) is 1. The van der Waals surface area contributed by atoms with Crippen molar-refractivity contribution in [3.63, 3.8) is 0 Å². The van der Waals surface area contributed by atoms with Gasteiger partial charge in [-0.2, -0.15) is 0 Å². The SMILES string of the molecule is CC(=O)Oc1cc(C)cc(C(=O)c2ccc(Cl)cc2Cl)c1N.[Na]. The Bertz CT molecular complexity index is 778. The Morgan fingerprint density at radius 2 is 1.74 bits per heavy atom. The summed E-state index contributed by atoms with van der Waals surface area (Å²) in [5, 5.41) is 0.659. The van der Waals surface area contributed by atoms with Gasteiger partial charge in [0.2, 0.25) is 0 Å². The van der Waals surface area contributed by atoms with E-state index in [-0.39, 0.29) is 62.9 Å². The van der Waals surface area contributed by atoms with Gasteiger partial charge >= 0.3 is 5.97 Å². The second kappa shape index (κ2) is 8.18. The predicted molar refractivity (Wildman–Crippen MR) is 92.5 cm³/mol. The van der Waals surface area contributed by atoms with E-state index in [0.29, 0.717) is 5.02 Å². The van der Waals surface area contributed by atoms with E-state index >= 15 is 0 Å². The van der Waals surface area contributed by atoms with Crippen molar-refractivity contribution in [1.82, 2.24) is 0 Å². The number of aryl methyl sites for hydroxylation is 1. The zero-order chi connectivity index (χ0) is 16.4. The van der Waals surface area contributed by atoms with Crippen LogP contribution in [0.1, 0.15) is 28.4 Å². The first kappa shape index (κ1) is 20.0. The van der Waals surface area contributed by atoms with Gasteiger partial charge in [-0.05, 0) is 42.8 Å². The maximum absolute atomic E-state index is 12.6. The van der Waals surface area contributed by atoms with Crippen molar-refractivity contribution in [1.29, 1.82) is 0 Å². The minimum atomic E-state index is -0.514. The van der Waals surface area contributed by atoms with E-state index in [2.05, 4.69) is 0 Å². The largest absolute Gasteiger partial charge is 0.424 e. The van der Waals surface area contributed by atoms with Crippen LogP contribution in [0.5, 0.6) is 5.75 Å². The molecule has 115 valence electrons. The molecule has 0 unspecified atom stereocenters. The fraction of sp³-hybridized carbons (Fsp3) is 0.125. The van der Waals surface area contributed by atoms with Crippen molar-refractivity contribution in [2.24, 2.45) is 0 Å². The number of carbonyl (C=O) groups is 2. The molecule has 0 aliphatic carbocycles. The molecule has 0 fully saturated rings. The first-order chi connectivity index (χ1) is 10.3. The van der Waals surface area contributed by atoms with Crippen LogP contribution in [0.4, 0.5) is 5.69 Å². The van der Waals surface area contributed by atoms with E-state index < -0.39 is 5.97 Å². The third kappa shape index (κ3) is 4.72. The Kier molecular flexibility index (Phi) is 7.11. The van der Waals surface area contributed by atoms with Gasteiger partial charge in [-0.25, -0.2) is 0 Å². The topological polar surface area (TPSA) is 69.4 Å². The molecule has 0 heterocycles. The molecule has 4 nitrogen and oxygen atoms in total. The minimum absolute atomic E-state index is 0. The second-order valence-electron chi connectivity index (χ2n) is 4.77. The van der Waals surface area contributed by atoms with E-state index in [0.717, 1.165) is 5.56 Å². The molecule has 2 N–H and O–H groups in total. The number of esters is 1. The van der Waals surface area contributed by atoms with Gasteiger partial charge in [-0.15, -0.1) is 0 Å². The van der Waals surface area contributed by atoms with E-state index in [1.54, 1.807) is 25.1 Å². The van der Waals surface area contributed by atoms with Crippen molar-refractivity contribution in [2.45, 2.75) is 13.8 Å². The Balaban J connectivity index is 0.00000264. The zero-order valence-electron chi connectivity index (χ0n) is 12.9. The molecule has 1 radical (unpaired) electrons. The molecule has 0 aromatic heterocycles. The Morgan fingerprint density at radius 1 is 1.09 bits per heavy atom. The summed E-state index contributed by atoms with van der Waals surface area (Å²) in [6.07, 6.45) is 0. The number of ether oxygens (including phenoxy) is 1. The van der Waals surface area contributed by atoms with Crippen molar-refractivity contribution in [2.75, 3.05) is 5.73 Å². The number of anilines is 1. The first-order valence-electron chi connectivity index (χ1n) is 6.38. The van der Waals surface area contributed by atoms with Gasteiger partial charge in [0.05, 0.1) is 10.7 Å². The van der Waals surface area contributed by atoms with Gasteiger partial charge in [0.1, 0.15) is 0 Å². The maximum Gasteiger partial charge on any atom is 0.308 e. The number of carbonyl (C=O) groups excluding carboxylic acids is 2. The predicted octanol–water partition coefficient (Wildman–Crippen LogP) is 3.66. The van der Waals surface area contributed by atoms with Gasteiger partial charge in [-0.1, -0.05) is 23.2 Å². The summed E-state index contributed by atoms with van der Waals surface area (Å²) >= 11 is 11.9. The van der Waals surface area contributed by atoms with Crippen LogP contribution in [0, 0.1) is 6.92 Å². The number of halogens is 2. The van der Waals surface area contributed by atoms with Crippen molar-refractivity contribution < 1.29 is 14.3 Å². The number of rotatable bonds is 3. The summed E-state index contributed by atoms with van der Waals surface area (Å²) in [6, 6.07) is 7.79. The van der Waals surface area contributed by atoms with Gasteiger partial charge in [0.15, 0.2) is 11.5 Å². The van der Waals surface area contributed by atoms with Crippen LogP contribution in [-0.2, 0) is 4.79 Å². The molecule has 7 heteroatoms. The summed E-state index contributed by atoms with van der Waals surface area (Å²) in [4.78, 5) is 23.8. The van der Waals surface area contributed by atoms with Crippen molar-refractivity contribution in [3.8, 4) is 5.75 Å². The average Bonchev–Trinajstić information content (AvgIpc) is 2.41. The third-order valence-corrected chi connectivity index (χ3v) is 3.51. The molecule has 2 aromatic carbocycles. The molecule has 0 aliphatic rings. The minimum Gasteiger partial charge on any atom is -0.424 e. The van der Waals surface area contributed by atoms with Crippen molar-refractivity contribution in [3.05, 3.63) is 57.1 Å². The van der Waals surface area contributed by atoms with Crippen molar-refractivity contribution >= 4 is 70.2 Å². The van der Waals surface area contributed by atoms with Crippen LogP contribution in [0.2, 0.25) is 10.0 Å². The van der Waals surface area contributed by atoms with Crippen LogP contribution in [-0.4, -0.2) is 41.3 Å². The Hall–Kier alpha value is -1.04. The summed E-state index contributed by atoms with van der Waals surface area (Å²) in [6.45, 7) is 3.03. The van der Waals surface area contributed by atoms with Crippen LogP contribution in [0.15, 0.2) is 30.3 Å². The summed E-state index contributed by atoms with van der Waals surface area (Å²) in [5.41, 5.74) is 7.28. The average molecular weight is 361 g/mol. The fourth-order valence-electron chi connectivity index (χ4n) is 2.01. The quantitative estimate of drug-likeness (QED) is 0.298. The molecule has 0 bridgehead atoms. The van der Waals surface area contributed by atoms with Gasteiger partial charge in [-0.3, -0.25) is 9.59 Å². The molecular weight excluding hydrogens is 348 g/mol. The zero-order valence-corrected chi connectivity index (χ0v) is 16.5. The molecule has 0 amide bonds. The van der Waals surface area contributed by atoms with Gasteiger partial charge < -0.3 is 10.5 Å². The maximum atomic E-state index is 12.6. The molecule has 2 rings (SSSR count). The molecule has 0 saturated heterocycles. The monoisotopic (exact) mass is 360 g/mol. The molecule has 0 atom stereocenters. The number of benzene rings is 2. The summed E-state index contributed by atoms with van der Waals surface area (Å²) in [5.74, 6) is -0.725. The molecule has 0 saturated carbocycles. The molecule has 0 spiro atoms. The second-order valence-corrected chi connectivity index (χ2v) is 5.61. The normalized spacial score (nSPS) is 9.91. The standard InChI is InChI=1S/C16H13Cl2NO3.Na/c1-8-5-12(15(19)14(6-8)22-9(2)20)16(21)11-4-3-10(17)7-13(11)18;/h3-7H,19H2,1-2H3;. The van der Waals surface area contributed by atoms with E-state index in [1.165, 1.54) is 19.1 Å². The smallest absolute Gasteiger partial charge is 0.308 e. The molecule has 23 heavy (non-hydrogen) atoms. The number of ketones is 1. The third-order valence-electron chi connectivity index (χ3n) is 2.96. The number of nitrogen functional groups attached to an aromatic ring is 1. The van der Waals surface area contributed by atoms with Crippen LogP contribution in [0.25, 0.3) is 0 Å². The van der Waals surface area contributed by atoms with E-state index in [4.69, 9.17) is 33.7 Å². The van der Waals surface area contributed by atoms with Crippen LogP contribution < -0.4 is 10.5 Å². The Morgan fingerprint density at radius 3 is 2.30 bits per heavy atom. The van der Waals surface area contributed by atoms with Gasteiger partial charge in [0.25, 0.3) is 0 Å². The van der Waals surface area contributed by atoms with E-state index in [1.807, 2.05) is 0 Å². The van der Waals surface area contributed by atoms with Gasteiger partial charge in [0, 0.05) is 52.6 Å². The first-order valence-corrected chi connectivity index (χ1v) is 7.13. The number of nitrogens with two attached hydrogens (primary N) is 1. The molecule has 0 aliphatic heterocycles. The summed E-state index contributed by atoms with van der Waals surface area (Å²) < 4.78 is 5.03. The van der Waals surface area contributed by atoms with Crippen LogP contribution in [0.3, 0.4) is 0 Å². The van der Waals surface area contributed by atoms with E-state index in [9.17, 15) is 9.59 Å². The summed E-state index contributed by atoms with van der Waals surface area (Å²) in [7, 11) is 0. The molecular formula is C16H13Cl2NNaO3. The molecule has 2 aromatic rings. The van der Waals surface area contributed by atoms with Crippen LogP contribution >= 0.6 is 23.2 Å². The Labute approximate surface area is 166 Å².